The molecule has 2 heteroatoms. The second-order valence-corrected chi connectivity index (χ2v) is 0.526. The number of hydrogen-bond acceptors (Lipinski definition) is 2. The molecule has 0 radical (unpaired) electrons. The Bertz CT molecular complexity index is 30.1. The zero-order valence-corrected chi connectivity index (χ0v) is 2.94. The van der Waals surface area contributed by atoms with Gasteiger partial charge in [-0.3, -0.25) is 0 Å². The van der Waals surface area contributed by atoms with E-state index in [4.69, 9.17) is 2.74 Å². The average molecular weight is 80.1 g/mol. The first-order valence-corrected chi connectivity index (χ1v) is 1.15. The molecule has 0 aromatic carbocycles. The highest BCUT2D eigenvalue weighted by atomic mass is 16.6. The molecule has 32 valence electrons. The van der Waals surface area contributed by atoms with E-state index in [2.05, 4.69) is 9.47 Å². The quantitative estimate of drug-likeness (QED) is 0.349. The third kappa shape index (κ3) is 3.92. The van der Waals surface area contributed by atoms with Crippen LogP contribution in [-0.2, 0) is 9.47 Å². The van der Waals surface area contributed by atoms with E-state index in [0.29, 0.717) is 0 Å². The molecule has 0 atom stereocenters. The maximum absolute atomic E-state index is 6.42. The molecule has 2 nitrogen and oxygen atoms in total. The van der Waals surface area contributed by atoms with Gasteiger partial charge in [-0.25, -0.2) is 0 Å². The minimum absolute atomic E-state index is 0.0625. The van der Waals surface area contributed by atoms with E-state index in [1.54, 1.807) is 0 Å². The molecule has 0 heterocycles. The fourth-order valence-corrected chi connectivity index (χ4v) is 0.0589. The van der Waals surface area contributed by atoms with Crippen molar-refractivity contribution in [1.82, 2.24) is 0 Å². The van der Waals surface area contributed by atoms with Crippen molar-refractivity contribution in [3.05, 3.63) is 0 Å². The summed E-state index contributed by atoms with van der Waals surface area (Å²) in [7, 11) is -0.194. The van der Waals surface area contributed by atoms with Crippen molar-refractivity contribution >= 4 is 0 Å². The lowest BCUT2D eigenvalue weighted by Gasteiger charge is -1.87. The lowest BCUT2D eigenvalue weighted by atomic mass is 11.4. The SMILES string of the molecule is [3H]COCOC[3H]. The van der Waals surface area contributed by atoms with Crippen LogP contribution in [0.5, 0.6) is 0 Å². The Morgan fingerprint density at radius 1 is 1.60 bits per heavy atom. The Morgan fingerprint density at radius 2 is 2.20 bits per heavy atom. The van der Waals surface area contributed by atoms with Gasteiger partial charge in [0.1, 0.15) is 6.79 Å². The lowest BCUT2D eigenvalue weighted by molar-refractivity contribution is -0.00271. The van der Waals surface area contributed by atoms with E-state index in [-0.39, 0.29) is 21.0 Å². The molecule has 0 aliphatic heterocycles. The second-order valence-electron chi connectivity index (χ2n) is 0.526. The summed E-state index contributed by atoms with van der Waals surface area (Å²) >= 11 is 0. The van der Waals surface area contributed by atoms with Gasteiger partial charge in [-0.2, -0.15) is 0 Å². The zero-order chi connectivity index (χ0) is 5.54. The second kappa shape index (κ2) is 3.92. The molecule has 0 amide bonds. The van der Waals surface area contributed by atoms with Gasteiger partial charge < -0.3 is 9.47 Å². The van der Waals surface area contributed by atoms with E-state index < -0.39 is 0 Å². The van der Waals surface area contributed by atoms with E-state index in [9.17, 15) is 0 Å². The van der Waals surface area contributed by atoms with Crippen molar-refractivity contribution in [2.24, 2.45) is 0 Å². The van der Waals surface area contributed by atoms with Crippen molar-refractivity contribution < 1.29 is 12.2 Å². The van der Waals surface area contributed by atoms with E-state index >= 15 is 0 Å². The third-order valence-corrected chi connectivity index (χ3v) is 0.167. The normalized spacial score (nSPS) is 13.6. The largest absolute Gasteiger partial charge is 0.359 e. The molecule has 0 aliphatic rings. The first kappa shape index (κ1) is 2.16. The van der Waals surface area contributed by atoms with Gasteiger partial charge in [0.15, 0.2) is 0 Å². The van der Waals surface area contributed by atoms with Crippen LogP contribution in [0.1, 0.15) is 2.74 Å². The molecule has 0 bridgehead atoms. The summed E-state index contributed by atoms with van der Waals surface area (Å²) in [6.07, 6.45) is 0. The fraction of sp³-hybridized carbons (Fsp3) is 1.00. The zero-order valence-electron chi connectivity index (χ0n) is 4.94. The average Bonchev–Trinajstić information content (AvgIpc) is 1.69. The lowest BCUT2D eigenvalue weighted by Crippen LogP contribution is -1.87. The van der Waals surface area contributed by atoms with Crippen LogP contribution in [0.4, 0.5) is 0 Å². The maximum atomic E-state index is 6.42. The standard InChI is InChI=1S/C3H8O2/c1-4-3-5-2/h3H2,1-2H3/i1T,2T. The minimum atomic E-state index is -0.0972. The van der Waals surface area contributed by atoms with Crippen molar-refractivity contribution in [2.45, 2.75) is 0 Å². The molecule has 0 spiro atoms. The highest BCUT2D eigenvalue weighted by Crippen LogP contribution is 1.60. The molecule has 0 N–H and O–H groups in total. The molecule has 0 aliphatic carbocycles. The molecule has 5 heavy (non-hydrogen) atoms. The Morgan fingerprint density at radius 3 is 2.60 bits per heavy atom. The Hall–Kier alpha value is -0.0800. The third-order valence-electron chi connectivity index (χ3n) is 0.167. The first-order chi connectivity index (χ1) is 3.41. The van der Waals surface area contributed by atoms with Crippen LogP contribution in [-0.4, -0.2) is 21.0 Å². The van der Waals surface area contributed by atoms with Crippen LogP contribution in [0.2, 0.25) is 0 Å². The van der Waals surface area contributed by atoms with Gasteiger partial charge in [-0.1, -0.05) is 0 Å². The highest BCUT2D eigenvalue weighted by Gasteiger charge is 1.63. The maximum Gasteiger partial charge on any atom is 0.145 e. The van der Waals surface area contributed by atoms with Gasteiger partial charge in [-0.05, 0) is 0 Å². The summed E-state index contributed by atoms with van der Waals surface area (Å²) in [5.74, 6) is 0. The summed E-state index contributed by atoms with van der Waals surface area (Å²) in [5, 5.41) is 0. The van der Waals surface area contributed by atoms with E-state index in [0.717, 1.165) is 0 Å². The monoisotopic (exact) mass is 80.1 g/mol. The number of methoxy groups -OCH3 is 2. The first-order valence-electron chi connectivity index (χ1n) is 2.57. The Kier molecular flexibility index (Phi) is 1.69. The number of ether oxygens (including phenoxy) is 2. The van der Waals surface area contributed by atoms with Gasteiger partial charge in [0.2, 0.25) is 0 Å². The molecule has 0 saturated carbocycles. The summed E-state index contributed by atoms with van der Waals surface area (Å²) in [6.45, 7) is 0.0625. The summed E-state index contributed by atoms with van der Waals surface area (Å²) in [4.78, 5) is 0. The predicted octanol–water partition coefficient (Wildman–Crippen LogP) is 0.237. The molecular formula is C3H8O2. The van der Waals surface area contributed by atoms with Gasteiger partial charge in [0.05, 0.1) is 2.74 Å². The summed E-state index contributed by atoms with van der Waals surface area (Å²) in [5.41, 5.74) is 0. The molecule has 0 saturated heterocycles. The van der Waals surface area contributed by atoms with Crippen LogP contribution in [0.3, 0.4) is 0 Å². The molecule has 0 fully saturated rings. The topological polar surface area (TPSA) is 18.5 Å². The Labute approximate surface area is 34.5 Å². The van der Waals surface area contributed by atoms with Crippen LogP contribution >= 0.6 is 0 Å². The summed E-state index contributed by atoms with van der Waals surface area (Å²) < 4.78 is 21.6. The molecule has 0 aromatic rings. The smallest absolute Gasteiger partial charge is 0.145 e. The fourth-order valence-electron chi connectivity index (χ4n) is 0.0589. The van der Waals surface area contributed by atoms with Crippen LogP contribution < -0.4 is 0 Å². The predicted molar refractivity (Wildman–Crippen MR) is 18.9 cm³/mol. The van der Waals surface area contributed by atoms with Crippen molar-refractivity contribution in [1.29, 1.82) is 0 Å². The van der Waals surface area contributed by atoms with Crippen LogP contribution in [0.25, 0.3) is 0 Å². The molecular weight excluding hydrogens is 68.0 g/mol. The van der Waals surface area contributed by atoms with Crippen LogP contribution in [0.15, 0.2) is 0 Å². The van der Waals surface area contributed by atoms with E-state index in [1.807, 2.05) is 0 Å². The number of hydrogen-bond donors (Lipinski definition) is 0. The Balaban J connectivity index is 2.45. The van der Waals surface area contributed by atoms with Crippen molar-refractivity contribution in [3.8, 4) is 0 Å². The highest BCUT2D eigenvalue weighted by molar-refractivity contribution is 3.84. The van der Waals surface area contributed by atoms with Gasteiger partial charge in [0, 0.05) is 14.2 Å². The van der Waals surface area contributed by atoms with E-state index in [1.165, 1.54) is 0 Å². The molecule has 0 rings (SSSR count). The molecule has 0 aromatic heterocycles. The molecule has 0 unspecified atom stereocenters. The van der Waals surface area contributed by atoms with Crippen molar-refractivity contribution in [3.63, 3.8) is 0 Å². The number of rotatable bonds is 2. The van der Waals surface area contributed by atoms with Crippen LogP contribution in [0, 0.1) is 0 Å². The van der Waals surface area contributed by atoms with Gasteiger partial charge >= 0.3 is 0 Å². The van der Waals surface area contributed by atoms with Gasteiger partial charge in [-0.15, -0.1) is 0 Å². The van der Waals surface area contributed by atoms with Gasteiger partial charge in [0.25, 0.3) is 0 Å². The minimum Gasteiger partial charge on any atom is -0.359 e. The summed E-state index contributed by atoms with van der Waals surface area (Å²) in [6, 6.07) is 0. The van der Waals surface area contributed by atoms with Crippen molar-refractivity contribution in [2.75, 3.05) is 21.0 Å².